The van der Waals surface area contributed by atoms with Gasteiger partial charge in [-0.05, 0) is 39.8 Å². The third kappa shape index (κ3) is 6.76. The smallest absolute Gasteiger partial charge is 0.342 e. The minimum atomic E-state index is -3.88. The molecule has 0 radical (unpaired) electrons. The number of ether oxygens (including phenoxy) is 4. The van der Waals surface area contributed by atoms with Crippen LogP contribution in [0.2, 0.25) is 0 Å². The molecule has 4 N–H and O–H groups in total. The normalized spacial score (nSPS) is 24.7. The molecule has 1 saturated heterocycles. The number of aromatic nitrogens is 4. The fourth-order valence-corrected chi connectivity index (χ4v) is 5.97. The molecule has 2 aromatic heterocycles. The van der Waals surface area contributed by atoms with E-state index in [-0.39, 0.29) is 41.5 Å². The van der Waals surface area contributed by atoms with E-state index in [4.69, 9.17) is 29.2 Å². The summed E-state index contributed by atoms with van der Waals surface area (Å²) in [6.45, 7) is 5.67. The molecule has 4 rings (SSSR count). The van der Waals surface area contributed by atoms with E-state index >= 15 is 4.39 Å². The Hall–Kier alpha value is -3.36. The SMILES string of the molecule is COc1nc(N)nc2c1ncn2C1O[C@H](COCP(=O)(N[C@@H](C)C(=O)OC(C)C)Oc2ccccc2)[C@@H](O)[C@@]1(C)F. The molecule has 0 aliphatic carbocycles. The van der Waals surface area contributed by atoms with Gasteiger partial charge in [0, 0.05) is 0 Å². The maximum Gasteiger partial charge on any atom is 0.342 e. The van der Waals surface area contributed by atoms with Crippen LogP contribution in [-0.2, 0) is 23.6 Å². The first-order valence-corrected chi connectivity index (χ1v) is 14.6. The summed E-state index contributed by atoms with van der Waals surface area (Å²) < 4.78 is 58.5. The van der Waals surface area contributed by atoms with Gasteiger partial charge in [-0.1, -0.05) is 18.2 Å². The average molecular weight is 597 g/mol. The number of nitrogens with two attached hydrogens (primary N) is 1. The highest BCUT2D eigenvalue weighted by Crippen LogP contribution is 2.46. The highest BCUT2D eigenvalue weighted by Gasteiger charge is 2.55. The van der Waals surface area contributed by atoms with Crippen LogP contribution in [0.25, 0.3) is 11.2 Å². The summed E-state index contributed by atoms with van der Waals surface area (Å²) in [7, 11) is -2.50. The summed E-state index contributed by atoms with van der Waals surface area (Å²) in [5.74, 6) is -0.383. The van der Waals surface area contributed by atoms with Crippen molar-refractivity contribution in [2.75, 3.05) is 25.8 Å². The number of nitrogens with one attached hydrogen (secondary N) is 1. The van der Waals surface area contributed by atoms with E-state index in [0.717, 1.165) is 0 Å². The Morgan fingerprint density at radius 1 is 1.29 bits per heavy atom. The molecule has 3 aromatic rings. The van der Waals surface area contributed by atoms with Crippen LogP contribution in [-0.4, -0.2) is 80.7 Å². The molecule has 1 aliphatic rings. The third-order valence-electron chi connectivity index (χ3n) is 6.20. The predicted molar refractivity (Wildman–Crippen MR) is 145 cm³/mol. The summed E-state index contributed by atoms with van der Waals surface area (Å²) in [5, 5.41) is 13.5. The zero-order valence-electron chi connectivity index (χ0n) is 23.3. The van der Waals surface area contributed by atoms with Crippen molar-refractivity contribution in [3.63, 3.8) is 0 Å². The maximum atomic E-state index is 15.9. The number of fused-ring (bicyclic) bond motifs is 1. The second kappa shape index (κ2) is 12.2. The van der Waals surface area contributed by atoms with Crippen LogP contribution in [0.1, 0.15) is 33.9 Å². The lowest BCUT2D eigenvalue weighted by atomic mass is 9.98. The van der Waals surface area contributed by atoms with E-state index in [1.807, 2.05) is 0 Å². The molecule has 6 atom stereocenters. The molecule has 2 unspecified atom stereocenters. The minimum absolute atomic E-state index is 0.0958. The number of carbonyl (C=O) groups excluding carboxylic acids is 1. The number of aliphatic hydroxyl groups excluding tert-OH is 1. The molecule has 14 nitrogen and oxygen atoms in total. The van der Waals surface area contributed by atoms with Crippen molar-refractivity contribution in [2.24, 2.45) is 0 Å². The van der Waals surface area contributed by atoms with Gasteiger partial charge >= 0.3 is 13.5 Å². The quantitative estimate of drug-likeness (QED) is 0.205. The Bertz CT molecular complexity index is 1410. The zero-order chi connectivity index (χ0) is 29.9. The van der Waals surface area contributed by atoms with Crippen molar-refractivity contribution in [2.45, 2.75) is 63.9 Å². The first-order chi connectivity index (χ1) is 19.3. The van der Waals surface area contributed by atoms with Gasteiger partial charge in [-0.3, -0.25) is 13.9 Å². The van der Waals surface area contributed by atoms with Gasteiger partial charge in [0.15, 0.2) is 23.1 Å². The molecule has 3 heterocycles. The fraction of sp³-hybridized carbons (Fsp3) is 0.520. The molecule has 16 heteroatoms. The van der Waals surface area contributed by atoms with Gasteiger partial charge in [-0.2, -0.15) is 9.97 Å². The van der Waals surface area contributed by atoms with Crippen LogP contribution < -0.4 is 20.1 Å². The Labute approximate surface area is 235 Å². The molecule has 1 aliphatic heterocycles. The zero-order valence-corrected chi connectivity index (χ0v) is 24.2. The molecule has 224 valence electrons. The van der Waals surface area contributed by atoms with E-state index in [9.17, 15) is 14.5 Å². The minimum Gasteiger partial charge on any atom is -0.479 e. The van der Waals surface area contributed by atoms with Crippen LogP contribution in [0, 0.1) is 0 Å². The number of methoxy groups -OCH3 is 1. The number of hydrogen-bond acceptors (Lipinski definition) is 12. The fourth-order valence-electron chi connectivity index (χ4n) is 4.28. The molecule has 1 aromatic carbocycles. The Morgan fingerprint density at radius 3 is 2.66 bits per heavy atom. The molecule has 0 bridgehead atoms. The first-order valence-electron chi connectivity index (χ1n) is 12.8. The summed E-state index contributed by atoms with van der Waals surface area (Å²) in [5.41, 5.74) is 3.82. The topological polar surface area (TPSA) is 182 Å². The number of anilines is 1. The van der Waals surface area contributed by atoms with Crippen LogP contribution in [0.4, 0.5) is 10.3 Å². The molecular formula is C25H34FN6O8P. The number of alkyl halides is 1. The van der Waals surface area contributed by atoms with Crippen molar-refractivity contribution in [1.29, 1.82) is 0 Å². The predicted octanol–water partition coefficient (Wildman–Crippen LogP) is 2.58. The summed E-state index contributed by atoms with van der Waals surface area (Å²) >= 11 is 0. The average Bonchev–Trinajstić information content (AvgIpc) is 3.41. The highest BCUT2D eigenvalue weighted by molar-refractivity contribution is 7.57. The Morgan fingerprint density at radius 2 is 2.00 bits per heavy atom. The lowest BCUT2D eigenvalue weighted by Gasteiger charge is -2.25. The van der Waals surface area contributed by atoms with Crippen molar-refractivity contribution in [3.05, 3.63) is 36.7 Å². The number of carbonyl (C=O) groups is 1. The third-order valence-corrected chi connectivity index (χ3v) is 8.01. The van der Waals surface area contributed by atoms with Crippen LogP contribution in [0.15, 0.2) is 36.7 Å². The van der Waals surface area contributed by atoms with Gasteiger partial charge in [0.1, 0.15) is 30.3 Å². The number of aliphatic hydroxyl groups is 1. The van der Waals surface area contributed by atoms with Crippen LogP contribution in [0.5, 0.6) is 11.6 Å². The summed E-state index contributed by atoms with van der Waals surface area (Å²) in [6.07, 6.45) is -3.82. The first kappa shape index (κ1) is 30.6. The lowest BCUT2D eigenvalue weighted by molar-refractivity contribution is -0.149. The van der Waals surface area contributed by atoms with Crippen LogP contribution in [0.3, 0.4) is 0 Å². The van der Waals surface area contributed by atoms with E-state index < -0.39 is 50.0 Å². The van der Waals surface area contributed by atoms with Crippen molar-refractivity contribution in [1.82, 2.24) is 24.6 Å². The number of para-hydroxylation sites is 1. The lowest BCUT2D eigenvalue weighted by Crippen LogP contribution is -2.41. The largest absolute Gasteiger partial charge is 0.479 e. The van der Waals surface area contributed by atoms with E-state index in [1.54, 1.807) is 44.2 Å². The van der Waals surface area contributed by atoms with Gasteiger partial charge in [-0.25, -0.2) is 14.5 Å². The van der Waals surface area contributed by atoms with Gasteiger partial charge in [0.25, 0.3) is 0 Å². The molecule has 1 fully saturated rings. The van der Waals surface area contributed by atoms with Gasteiger partial charge in [0.2, 0.25) is 11.8 Å². The monoisotopic (exact) mass is 596 g/mol. The van der Waals surface area contributed by atoms with Gasteiger partial charge in [0.05, 0.1) is 26.1 Å². The van der Waals surface area contributed by atoms with Crippen molar-refractivity contribution >= 4 is 30.6 Å². The Kier molecular flexibility index (Phi) is 9.14. The van der Waals surface area contributed by atoms with Crippen LogP contribution >= 0.6 is 7.52 Å². The number of nitrogen functional groups attached to an aromatic ring is 1. The second-order valence-corrected chi connectivity index (χ2v) is 12.0. The number of hydrogen-bond donors (Lipinski definition) is 3. The number of benzene rings is 1. The highest BCUT2D eigenvalue weighted by atomic mass is 31.2. The van der Waals surface area contributed by atoms with E-state index in [0.29, 0.717) is 0 Å². The van der Waals surface area contributed by atoms with Gasteiger partial charge in [-0.15, -0.1) is 0 Å². The standard InChI is InChI=1S/C25H34FN6O8P/c1-14(2)38-22(34)15(3)31-41(35,40-16-9-7-6-8-10-16)13-37-11-17-19(33)25(4,26)23(39-17)32-12-28-18-20(32)29-24(27)30-21(18)36-5/h6-10,12,14-15,17,19,23,33H,11,13H2,1-5H3,(H,31,35)(H2,27,29,30)/t15-,17+,19+,23?,25+,41?/m0/s1. The van der Waals surface area contributed by atoms with Gasteiger partial charge < -0.3 is 34.3 Å². The number of esters is 1. The van der Waals surface area contributed by atoms with Crippen molar-refractivity contribution in [3.8, 4) is 11.6 Å². The molecule has 0 amide bonds. The van der Waals surface area contributed by atoms with Crippen molar-refractivity contribution < 1.29 is 42.3 Å². The summed E-state index contributed by atoms with van der Waals surface area (Å²) in [4.78, 5) is 24.6. The number of imidazole rings is 1. The Balaban J connectivity index is 1.49. The van der Waals surface area contributed by atoms with E-state index in [2.05, 4.69) is 20.0 Å². The number of rotatable bonds is 12. The maximum absolute atomic E-state index is 15.9. The molecule has 0 saturated carbocycles. The molecule has 0 spiro atoms. The summed E-state index contributed by atoms with van der Waals surface area (Å²) in [6, 6.07) is 7.33. The van der Waals surface area contributed by atoms with E-state index in [1.165, 1.54) is 31.9 Å². The second-order valence-electron chi connectivity index (χ2n) is 9.95. The molecular weight excluding hydrogens is 562 g/mol. The number of nitrogens with zero attached hydrogens (tertiary/aromatic N) is 4. The molecule has 41 heavy (non-hydrogen) atoms. The number of halogens is 1.